The van der Waals surface area contributed by atoms with Crippen LogP contribution in [0.2, 0.25) is 0 Å². The van der Waals surface area contributed by atoms with Gasteiger partial charge in [0.2, 0.25) is 0 Å². The van der Waals surface area contributed by atoms with E-state index in [0.29, 0.717) is 5.56 Å². The summed E-state index contributed by atoms with van der Waals surface area (Å²) in [6.07, 6.45) is -2.97. The van der Waals surface area contributed by atoms with E-state index in [1.807, 2.05) is 0 Å². The molecule has 0 heterocycles. The number of methoxy groups -OCH3 is 1. The average molecular weight is 242 g/mol. The van der Waals surface area contributed by atoms with E-state index < -0.39 is 24.0 Å². The van der Waals surface area contributed by atoms with E-state index in [1.165, 1.54) is 19.2 Å². The van der Waals surface area contributed by atoms with E-state index >= 15 is 0 Å². The Balaban J connectivity index is 2.77. The molecule has 0 aliphatic carbocycles. The molecule has 0 saturated carbocycles. The molecular weight excluding hydrogens is 227 g/mol. The van der Waals surface area contributed by atoms with Gasteiger partial charge in [-0.05, 0) is 24.1 Å². The molecule has 0 aliphatic heterocycles. The van der Waals surface area contributed by atoms with Gasteiger partial charge in [-0.15, -0.1) is 0 Å². The molecule has 2 N–H and O–H groups in total. The van der Waals surface area contributed by atoms with Crippen LogP contribution in [0.1, 0.15) is 23.7 Å². The Morgan fingerprint density at radius 3 is 2.65 bits per heavy atom. The highest BCUT2D eigenvalue weighted by atomic mass is 19.1. The largest absolute Gasteiger partial charge is 0.469 e. The minimum atomic E-state index is -1.32. The second-order valence-corrected chi connectivity index (χ2v) is 3.80. The fourth-order valence-corrected chi connectivity index (χ4v) is 1.38. The summed E-state index contributed by atoms with van der Waals surface area (Å²) in [5.74, 6) is -1.10. The lowest BCUT2D eigenvalue weighted by molar-refractivity contribution is -0.144. The molecule has 0 bridgehead atoms. The number of esters is 1. The van der Waals surface area contributed by atoms with Crippen molar-refractivity contribution in [3.63, 3.8) is 0 Å². The Kier molecular flexibility index (Phi) is 4.60. The van der Waals surface area contributed by atoms with Crippen molar-refractivity contribution in [3.05, 3.63) is 35.1 Å². The zero-order valence-corrected chi connectivity index (χ0v) is 9.68. The van der Waals surface area contributed by atoms with Crippen LogP contribution in [-0.4, -0.2) is 29.4 Å². The van der Waals surface area contributed by atoms with E-state index in [2.05, 4.69) is 4.74 Å². The summed E-state index contributed by atoms with van der Waals surface area (Å²) in [7, 11) is 1.19. The molecule has 0 amide bonds. The van der Waals surface area contributed by atoms with Crippen molar-refractivity contribution < 1.29 is 24.1 Å². The summed E-state index contributed by atoms with van der Waals surface area (Å²) in [6, 6.07) is 4.14. The Morgan fingerprint density at radius 1 is 1.47 bits per heavy atom. The number of carbonyl (C=O) groups is 1. The molecule has 0 aliphatic rings. The maximum atomic E-state index is 13.2. The fraction of sp³-hybridized carbons (Fsp3) is 0.417. The highest BCUT2D eigenvalue weighted by Crippen LogP contribution is 2.21. The number of rotatable bonds is 4. The van der Waals surface area contributed by atoms with E-state index in [-0.39, 0.29) is 12.0 Å². The first kappa shape index (κ1) is 13.6. The lowest BCUT2D eigenvalue weighted by Gasteiger charge is -2.17. The third kappa shape index (κ3) is 3.51. The van der Waals surface area contributed by atoms with Crippen molar-refractivity contribution in [3.8, 4) is 0 Å². The number of ether oxygens (including phenoxy) is 1. The molecule has 94 valence electrons. The number of halogens is 1. The maximum Gasteiger partial charge on any atom is 0.308 e. The third-order valence-electron chi connectivity index (χ3n) is 2.51. The van der Waals surface area contributed by atoms with Crippen LogP contribution >= 0.6 is 0 Å². The molecular formula is C12H15FO4. The normalized spacial score (nSPS) is 14.2. The van der Waals surface area contributed by atoms with Crippen LogP contribution in [0, 0.1) is 12.7 Å². The molecule has 2 atom stereocenters. The Bertz CT molecular complexity index is 405. The highest BCUT2D eigenvalue weighted by molar-refractivity contribution is 5.69. The summed E-state index contributed by atoms with van der Waals surface area (Å²) in [5.41, 5.74) is 0.674. The SMILES string of the molecule is COC(=O)CC(O)C(O)c1ccc(C)c(F)c1. The summed E-state index contributed by atoms with van der Waals surface area (Å²) in [4.78, 5) is 10.9. The number of hydrogen-bond acceptors (Lipinski definition) is 4. The van der Waals surface area contributed by atoms with E-state index in [4.69, 9.17) is 0 Å². The minimum absolute atomic E-state index is 0.226. The summed E-state index contributed by atoms with van der Waals surface area (Å²) in [5, 5.41) is 19.3. The van der Waals surface area contributed by atoms with Gasteiger partial charge < -0.3 is 14.9 Å². The molecule has 17 heavy (non-hydrogen) atoms. The molecule has 1 aromatic carbocycles. The van der Waals surface area contributed by atoms with Crippen LogP contribution in [0.25, 0.3) is 0 Å². The van der Waals surface area contributed by atoms with Gasteiger partial charge in [-0.2, -0.15) is 0 Å². The molecule has 5 heteroatoms. The standard InChI is InChI=1S/C12H15FO4/c1-7-3-4-8(5-9(7)13)12(16)10(14)6-11(15)17-2/h3-5,10,12,14,16H,6H2,1-2H3. The van der Waals surface area contributed by atoms with Crippen molar-refractivity contribution in [2.75, 3.05) is 7.11 Å². The van der Waals surface area contributed by atoms with Crippen molar-refractivity contribution in [2.45, 2.75) is 25.6 Å². The van der Waals surface area contributed by atoms with Gasteiger partial charge in [0, 0.05) is 0 Å². The lowest BCUT2D eigenvalue weighted by atomic mass is 10.0. The van der Waals surface area contributed by atoms with E-state index in [1.54, 1.807) is 6.92 Å². The number of aliphatic hydroxyl groups is 2. The van der Waals surface area contributed by atoms with Crippen molar-refractivity contribution in [1.29, 1.82) is 0 Å². The third-order valence-corrected chi connectivity index (χ3v) is 2.51. The number of benzene rings is 1. The molecule has 1 aromatic rings. The summed E-state index contributed by atoms with van der Waals surface area (Å²) >= 11 is 0. The number of aryl methyl sites for hydroxylation is 1. The lowest BCUT2D eigenvalue weighted by Crippen LogP contribution is -2.22. The van der Waals surface area contributed by atoms with Gasteiger partial charge in [0.25, 0.3) is 0 Å². The highest BCUT2D eigenvalue weighted by Gasteiger charge is 2.22. The topological polar surface area (TPSA) is 66.8 Å². The Morgan fingerprint density at radius 2 is 2.12 bits per heavy atom. The predicted octanol–water partition coefficient (Wildman–Crippen LogP) is 1.09. The molecule has 4 nitrogen and oxygen atoms in total. The Hall–Kier alpha value is -1.46. The van der Waals surface area contributed by atoms with Gasteiger partial charge in [0.1, 0.15) is 11.9 Å². The smallest absolute Gasteiger partial charge is 0.308 e. The molecule has 0 aromatic heterocycles. The van der Waals surface area contributed by atoms with Crippen LogP contribution in [-0.2, 0) is 9.53 Å². The van der Waals surface area contributed by atoms with Gasteiger partial charge in [0.05, 0.1) is 19.6 Å². The van der Waals surface area contributed by atoms with Gasteiger partial charge >= 0.3 is 5.97 Å². The van der Waals surface area contributed by atoms with Crippen LogP contribution in [0.3, 0.4) is 0 Å². The van der Waals surface area contributed by atoms with Crippen LogP contribution in [0.15, 0.2) is 18.2 Å². The number of carbonyl (C=O) groups excluding carboxylic acids is 1. The number of aliphatic hydroxyl groups excluding tert-OH is 2. The zero-order valence-electron chi connectivity index (χ0n) is 9.68. The molecule has 0 spiro atoms. The van der Waals surface area contributed by atoms with Gasteiger partial charge in [-0.1, -0.05) is 12.1 Å². The minimum Gasteiger partial charge on any atom is -0.469 e. The summed E-state index contributed by atoms with van der Waals surface area (Å²) < 4.78 is 17.6. The first-order valence-electron chi connectivity index (χ1n) is 5.14. The predicted molar refractivity (Wildman–Crippen MR) is 58.7 cm³/mol. The number of hydrogen-bond donors (Lipinski definition) is 2. The second kappa shape index (κ2) is 5.75. The van der Waals surface area contributed by atoms with Gasteiger partial charge in [0.15, 0.2) is 0 Å². The molecule has 2 unspecified atom stereocenters. The zero-order chi connectivity index (χ0) is 13.0. The first-order chi connectivity index (χ1) is 7.95. The van der Waals surface area contributed by atoms with Crippen molar-refractivity contribution in [1.82, 2.24) is 0 Å². The monoisotopic (exact) mass is 242 g/mol. The maximum absolute atomic E-state index is 13.2. The second-order valence-electron chi connectivity index (χ2n) is 3.80. The Labute approximate surface area is 98.7 Å². The van der Waals surface area contributed by atoms with Crippen LogP contribution in [0.5, 0.6) is 0 Å². The van der Waals surface area contributed by atoms with Crippen molar-refractivity contribution >= 4 is 5.97 Å². The molecule has 0 fully saturated rings. The van der Waals surface area contributed by atoms with Gasteiger partial charge in [-0.3, -0.25) is 4.79 Å². The van der Waals surface area contributed by atoms with E-state index in [9.17, 15) is 19.4 Å². The van der Waals surface area contributed by atoms with E-state index in [0.717, 1.165) is 6.07 Å². The molecule has 0 saturated heterocycles. The first-order valence-corrected chi connectivity index (χ1v) is 5.14. The van der Waals surface area contributed by atoms with Crippen molar-refractivity contribution in [2.24, 2.45) is 0 Å². The molecule has 0 radical (unpaired) electrons. The van der Waals surface area contributed by atoms with Crippen LogP contribution in [0.4, 0.5) is 4.39 Å². The summed E-state index contributed by atoms with van der Waals surface area (Å²) in [6.45, 7) is 1.59. The molecule has 1 rings (SSSR count). The fourth-order valence-electron chi connectivity index (χ4n) is 1.38. The van der Waals surface area contributed by atoms with Crippen LogP contribution < -0.4 is 0 Å². The quantitative estimate of drug-likeness (QED) is 0.776. The average Bonchev–Trinajstić information content (AvgIpc) is 2.31. The van der Waals surface area contributed by atoms with Gasteiger partial charge in [-0.25, -0.2) is 4.39 Å².